The van der Waals surface area contributed by atoms with Gasteiger partial charge < -0.3 is 15.4 Å². The number of hydrogen-bond donors (Lipinski definition) is 1. The van der Waals surface area contributed by atoms with Crippen LogP contribution in [0, 0.1) is 17.0 Å². The number of ether oxygens (including phenoxy) is 1. The van der Waals surface area contributed by atoms with Crippen LogP contribution in [0.25, 0.3) is 5.69 Å². The van der Waals surface area contributed by atoms with Gasteiger partial charge in [0.05, 0.1) is 24.2 Å². The molecule has 3 aromatic rings. The van der Waals surface area contributed by atoms with Crippen molar-refractivity contribution in [3.63, 3.8) is 0 Å². The highest BCUT2D eigenvalue weighted by Gasteiger charge is 2.42. The first-order chi connectivity index (χ1) is 18.6. The van der Waals surface area contributed by atoms with Gasteiger partial charge in [0.25, 0.3) is 0 Å². The number of nitrogens with zero attached hydrogens (tertiary/aromatic N) is 4. The van der Waals surface area contributed by atoms with Crippen molar-refractivity contribution in [2.75, 3.05) is 43.4 Å². The molecule has 39 heavy (non-hydrogen) atoms. The Hall–Kier alpha value is -3.51. The second-order valence-corrected chi connectivity index (χ2v) is 12.2. The number of nitrogen functional groups attached to an aromatic ring is 1. The lowest BCUT2D eigenvalue weighted by Gasteiger charge is -2.35. The van der Waals surface area contributed by atoms with Crippen LogP contribution in [-0.2, 0) is 15.8 Å². The summed E-state index contributed by atoms with van der Waals surface area (Å²) in [6.45, 7) is 3.47. The number of benzene rings is 2. The molecule has 5 rings (SSSR count). The normalized spacial score (nSPS) is 17.3. The molecule has 2 heterocycles. The summed E-state index contributed by atoms with van der Waals surface area (Å²) >= 11 is 0. The van der Waals surface area contributed by atoms with Crippen LogP contribution >= 0.6 is 0 Å². The summed E-state index contributed by atoms with van der Waals surface area (Å²) in [5, 5.41) is 4.18. The van der Waals surface area contributed by atoms with Gasteiger partial charge in [-0.1, -0.05) is 19.1 Å². The fourth-order valence-corrected chi connectivity index (χ4v) is 6.28. The summed E-state index contributed by atoms with van der Waals surface area (Å²) in [4.78, 5) is 15.4. The minimum atomic E-state index is -3.57. The van der Waals surface area contributed by atoms with Gasteiger partial charge in [0.15, 0.2) is 0 Å². The maximum atomic E-state index is 13.9. The van der Waals surface area contributed by atoms with Gasteiger partial charge in [0.2, 0.25) is 15.8 Å². The van der Waals surface area contributed by atoms with E-state index in [0.29, 0.717) is 36.6 Å². The highest BCUT2D eigenvalue weighted by molar-refractivity contribution is 7.88. The molecule has 0 atom stereocenters. The van der Waals surface area contributed by atoms with Crippen molar-refractivity contribution in [2.24, 2.45) is 5.41 Å². The lowest BCUT2D eigenvalue weighted by atomic mass is 10.1. The third-order valence-corrected chi connectivity index (χ3v) is 9.39. The molecular weight excluding hydrogens is 528 g/mol. The molecule has 12 heteroatoms. The number of nitrogens with two attached hydrogens (primary N) is 1. The second-order valence-electron chi connectivity index (χ2n) is 10.2. The Morgan fingerprint density at radius 2 is 1.67 bits per heavy atom. The summed E-state index contributed by atoms with van der Waals surface area (Å²) in [5.41, 5.74) is 6.66. The molecule has 0 spiro atoms. The molecule has 2 fully saturated rings. The number of halogens is 2. The molecule has 2 aromatic carbocycles. The number of hydrogen-bond acceptors (Lipinski definition) is 7. The standard InChI is InChI=1S/C27H31F2N5O4S/c1-2-27(7-8-27)18-38-25-24(16-31-34(26(25)35)23-14-20(28)13-21(29)15-23)32-9-11-33(12-10-32)39(36,37)17-19-3-5-22(30)6-4-19/h3-6,13-16H,2,7-12,17-18,30H2,1H3. The van der Waals surface area contributed by atoms with Gasteiger partial charge in [0.1, 0.15) is 17.3 Å². The maximum Gasteiger partial charge on any atom is 0.316 e. The minimum Gasteiger partial charge on any atom is -0.486 e. The lowest BCUT2D eigenvalue weighted by Crippen LogP contribution is -2.49. The lowest BCUT2D eigenvalue weighted by molar-refractivity contribution is 0.225. The zero-order valence-corrected chi connectivity index (χ0v) is 22.5. The van der Waals surface area contributed by atoms with Crippen LogP contribution in [0.4, 0.5) is 20.2 Å². The van der Waals surface area contributed by atoms with Crippen molar-refractivity contribution in [1.82, 2.24) is 14.1 Å². The fraction of sp³-hybridized carbons (Fsp3) is 0.407. The monoisotopic (exact) mass is 559 g/mol. The Labute approximate surface area is 225 Å². The third kappa shape index (κ3) is 5.91. The maximum absolute atomic E-state index is 13.9. The fourth-order valence-electron chi connectivity index (χ4n) is 4.76. The number of anilines is 2. The molecule has 2 N–H and O–H groups in total. The molecule has 0 radical (unpaired) electrons. The Bertz CT molecular complexity index is 1500. The van der Waals surface area contributed by atoms with Gasteiger partial charge in [-0.15, -0.1) is 0 Å². The summed E-state index contributed by atoms with van der Waals surface area (Å²) in [7, 11) is -3.57. The van der Waals surface area contributed by atoms with E-state index in [4.69, 9.17) is 10.5 Å². The van der Waals surface area contributed by atoms with Gasteiger partial charge in [-0.2, -0.15) is 14.1 Å². The highest BCUT2D eigenvalue weighted by Crippen LogP contribution is 2.49. The van der Waals surface area contributed by atoms with E-state index in [9.17, 15) is 22.0 Å². The summed E-state index contributed by atoms with van der Waals surface area (Å²) in [6, 6.07) is 9.50. The van der Waals surface area contributed by atoms with Crippen molar-refractivity contribution >= 4 is 21.4 Å². The van der Waals surface area contributed by atoms with Crippen molar-refractivity contribution in [3.05, 3.63) is 76.2 Å². The van der Waals surface area contributed by atoms with Crippen molar-refractivity contribution in [1.29, 1.82) is 0 Å². The summed E-state index contributed by atoms with van der Waals surface area (Å²) in [5.74, 6) is -1.76. The molecule has 208 valence electrons. The largest absolute Gasteiger partial charge is 0.486 e. The average Bonchev–Trinajstić information content (AvgIpc) is 3.69. The van der Waals surface area contributed by atoms with E-state index in [1.807, 2.05) is 4.90 Å². The summed E-state index contributed by atoms with van der Waals surface area (Å²) < 4.78 is 62.3. The van der Waals surface area contributed by atoms with Crippen molar-refractivity contribution < 1.29 is 21.9 Å². The van der Waals surface area contributed by atoms with E-state index >= 15 is 0 Å². The van der Waals surface area contributed by atoms with Gasteiger partial charge in [-0.25, -0.2) is 17.2 Å². The molecule has 1 saturated heterocycles. The molecule has 1 aliphatic carbocycles. The van der Waals surface area contributed by atoms with Gasteiger partial charge in [0, 0.05) is 43.3 Å². The number of sulfonamides is 1. The number of rotatable bonds is 9. The Morgan fingerprint density at radius 1 is 1.03 bits per heavy atom. The Balaban J connectivity index is 1.38. The Kier molecular flexibility index (Phi) is 7.34. The van der Waals surface area contributed by atoms with Crippen LogP contribution < -0.4 is 20.9 Å². The van der Waals surface area contributed by atoms with Crippen LogP contribution in [0.5, 0.6) is 5.75 Å². The van der Waals surface area contributed by atoms with E-state index in [-0.39, 0.29) is 35.7 Å². The number of piperazine rings is 1. The third-order valence-electron chi connectivity index (χ3n) is 7.54. The van der Waals surface area contributed by atoms with E-state index in [1.165, 1.54) is 10.5 Å². The molecule has 1 aliphatic heterocycles. The van der Waals surface area contributed by atoms with Crippen LogP contribution in [0.3, 0.4) is 0 Å². The molecule has 1 aromatic heterocycles. The van der Waals surface area contributed by atoms with Crippen molar-refractivity contribution in [2.45, 2.75) is 31.9 Å². The molecule has 0 unspecified atom stereocenters. The van der Waals surface area contributed by atoms with E-state index in [1.54, 1.807) is 24.3 Å². The first-order valence-electron chi connectivity index (χ1n) is 12.9. The minimum absolute atomic E-state index is 0.0116. The Morgan fingerprint density at radius 3 is 2.26 bits per heavy atom. The van der Waals surface area contributed by atoms with Crippen molar-refractivity contribution in [3.8, 4) is 11.4 Å². The summed E-state index contributed by atoms with van der Waals surface area (Å²) in [6.07, 6.45) is 4.33. The average molecular weight is 560 g/mol. The molecule has 0 amide bonds. The van der Waals surface area contributed by atoms with E-state index < -0.39 is 27.2 Å². The predicted molar refractivity (Wildman–Crippen MR) is 144 cm³/mol. The van der Waals surface area contributed by atoms with E-state index in [0.717, 1.165) is 42.1 Å². The topological polar surface area (TPSA) is 111 Å². The van der Waals surface area contributed by atoms with Crippen LogP contribution in [0.15, 0.2) is 53.5 Å². The SMILES string of the molecule is CCC1(COc2c(N3CCN(S(=O)(=O)Cc4ccc(N)cc4)CC3)cnn(-c3cc(F)cc(F)c3)c2=O)CC1. The van der Waals surface area contributed by atoms with Crippen LogP contribution in [0.1, 0.15) is 31.7 Å². The first kappa shape index (κ1) is 27.1. The van der Waals surface area contributed by atoms with Gasteiger partial charge >= 0.3 is 5.56 Å². The molecule has 2 aliphatic rings. The van der Waals surface area contributed by atoms with Crippen LogP contribution in [-0.4, -0.2) is 55.3 Å². The van der Waals surface area contributed by atoms with Gasteiger partial charge in [-0.3, -0.25) is 4.79 Å². The number of aromatic nitrogens is 2. The second kappa shape index (κ2) is 10.6. The van der Waals surface area contributed by atoms with Gasteiger partial charge in [-0.05, 0) is 49.1 Å². The first-order valence-corrected chi connectivity index (χ1v) is 14.5. The highest BCUT2D eigenvalue weighted by atomic mass is 32.2. The van der Waals surface area contributed by atoms with Crippen LogP contribution in [0.2, 0.25) is 0 Å². The van der Waals surface area contributed by atoms with E-state index in [2.05, 4.69) is 12.0 Å². The molecular formula is C27H31F2N5O4S. The smallest absolute Gasteiger partial charge is 0.316 e. The molecule has 9 nitrogen and oxygen atoms in total. The quantitative estimate of drug-likeness (QED) is 0.401. The molecule has 0 bridgehead atoms. The molecule has 1 saturated carbocycles. The zero-order chi connectivity index (χ0) is 27.8. The predicted octanol–water partition coefficient (Wildman–Crippen LogP) is 3.31. The zero-order valence-electron chi connectivity index (χ0n) is 21.6.